The Labute approximate surface area is 162 Å². The van der Waals surface area contributed by atoms with E-state index in [0.717, 1.165) is 25.8 Å². The average Bonchev–Trinajstić information content (AvgIpc) is 2.68. The molecule has 1 aliphatic rings. The molecule has 1 aliphatic heterocycles. The van der Waals surface area contributed by atoms with E-state index in [-0.39, 0.29) is 5.91 Å². The zero-order valence-corrected chi connectivity index (χ0v) is 16.2. The van der Waals surface area contributed by atoms with Crippen LogP contribution in [0, 0.1) is 6.92 Å². The zero-order chi connectivity index (χ0) is 19.1. The predicted octanol–water partition coefficient (Wildman–Crippen LogP) is 3.07. The van der Waals surface area contributed by atoms with Crippen molar-refractivity contribution in [1.82, 2.24) is 10.2 Å². The Morgan fingerprint density at radius 3 is 2.63 bits per heavy atom. The minimum absolute atomic E-state index is 0.126. The van der Waals surface area contributed by atoms with Gasteiger partial charge in [-0.2, -0.15) is 0 Å². The van der Waals surface area contributed by atoms with Gasteiger partial charge in [0.25, 0.3) is 5.91 Å². The van der Waals surface area contributed by atoms with Crippen LogP contribution in [0.1, 0.15) is 36.0 Å². The summed E-state index contributed by atoms with van der Waals surface area (Å²) < 4.78 is 0. The van der Waals surface area contributed by atoms with E-state index in [1.165, 1.54) is 16.7 Å². The Balaban J connectivity index is 1.49. The fraction of sp³-hybridized carbons (Fsp3) is 0.435. The van der Waals surface area contributed by atoms with Gasteiger partial charge < -0.3 is 15.3 Å². The van der Waals surface area contributed by atoms with E-state index in [1.54, 1.807) is 0 Å². The molecule has 3 rings (SSSR count). The fourth-order valence-electron chi connectivity index (χ4n) is 3.77. The second-order valence-corrected chi connectivity index (χ2v) is 7.55. The number of amides is 1. The number of hydrogen-bond acceptors (Lipinski definition) is 3. The van der Waals surface area contributed by atoms with E-state index < -0.39 is 5.60 Å². The summed E-state index contributed by atoms with van der Waals surface area (Å²) in [5, 5.41) is 14.2. The van der Waals surface area contributed by atoms with E-state index >= 15 is 0 Å². The standard InChI is InChI=1S/C23H30N2O2/c1-19-9-5-6-13-21(19)17-24-18-23(27)14-8-16-25(22(23)26)15-7-12-20-10-3-2-4-11-20/h2-6,9-11,13,24,27H,7-8,12,14-18H2,1H3. The van der Waals surface area contributed by atoms with E-state index in [9.17, 15) is 9.90 Å². The Kier molecular flexibility index (Phi) is 6.64. The van der Waals surface area contributed by atoms with Gasteiger partial charge in [0.05, 0.1) is 0 Å². The summed E-state index contributed by atoms with van der Waals surface area (Å²) in [4.78, 5) is 14.7. The maximum atomic E-state index is 12.8. The van der Waals surface area contributed by atoms with E-state index in [2.05, 4.69) is 36.5 Å². The van der Waals surface area contributed by atoms with Crippen molar-refractivity contribution in [1.29, 1.82) is 0 Å². The first-order valence-electron chi connectivity index (χ1n) is 9.89. The molecule has 0 aliphatic carbocycles. The van der Waals surface area contributed by atoms with Crippen molar-refractivity contribution in [2.45, 2.75) is 44.8 Å². The third kappa shape index (κ3) is 5.18. The van der Waals surface area contributed by atoms with Crippen molar-refractivity contribution in [2.24, 2.45) is 0 Å². The number of rotatable bonds is 8. The molecule has 4 nitrogen and oxygen atoms in total. The highest BCUT2D eigenvalue weighted by Gasteiger charge is 2.41. The minimum atomic E-state index is -1.28. The lowest BCUT2D eigenvalue weighted by Crippen LogP contribution is -2.58. The highest BCUT2D eigenvalue weighted by Crippen LogP contribution is 2.23. The molecule has 0 spiro atoms. The molecule has 1 heterocycles. The van der Waals surface area contributed by atoms with Gasteiger partial charge in [0.15, 0.2) is 5.60 Å². The first-order valence-corrected chi connectivity index (χ1v) is 9.89. The summed E-state index contributed by atoms with van der Waals surface area (Å²) in [5.41, 5.74) is 2.42. The van der Waals surface area contributed by atoms with Crippen LogP contribution in [-0.4, -0.2) is 41.1 Å². The van der Waals surface area contributed by atoms with Crippen LogP contribution in [0.25, 0.3) is 0 Å². The average molecular weight is 367 g/mol. The zero-order valence-electron chi connectivity index (χ0n) is 16.2. The van der Waals surface area contributed by atoms with Crippen molar-refractivity contribution in [3.05, 3.63) is 71.3 Å². The van der Waals surface area contributed by atoms with Gasteiger partial charge in [-0.25, -0.2) is 0 Å². The van der Waals surface area contributed by atoms with E-state index in [4.69, 9.17) is 0 Å². The number of benzene rings is 2. The van der Waals surface area contributed by atoms with Crippen LogP contribution in [-0.2, 0) is 17.8 Å². The van der Waals surface area contributed by atoms with Crippen LogP contribution in [0.5, 0.6) is 0 Å². The van der Waals surface area contributed by atoms with Gasteiger partial charge in [-0.05, 0) is 49.3 Å². The molecule has 1 amide bonds. The molecule has 1 saturated heterocycles. The number of aliphatic hydroxyl groups is 1. The lowest BCUT2D eigenvalue weighted by Gasteiger charge is -2.38. The number of aryl methyl sites for hydroxylation is 2. The third-order valence-corrected chi connectivity index (χ3v) is 5.43. The Bertz CT molecular complexity index is 747. The summed E-state index contributed by atoms with van der Waals surface area (Å²) in [6.07, 6.45) is 3.25. The molecule has 0 saturated carbocycles. The molecule has 2 aromatic rings. The second kappa shape index (κ2) is 9.16. The molecule has 1 atom stereocenters. The number of carbonyl (C=O) groups excluding carboxylic acids is 1. The molecule has 0 radical (unpaired) electrons. The minimum Gasteiger partial charge on any atom is -0.379 e. The normalized spacial score (nSPS) is 20.1. The van der Waals surface area contributed by atoms with Gasteiger partial charge in [-0.3, -0.25) is 4.79 Å². The largest absolute Gasteiger partial charge is 0.379 e. The number of carbonyl (C=O) groups is 1. The topological polar surface area (TPSA) is 52.6 Å². The van der Waals surface area contributed by atoms with Crippen LogP contribution < -0.4 is 5.32 Å². The van der Waals surface area contributed by atoms with Gasteiger partial charge in [0.1, 0.15) is 0 Å². The molecule has 1 unspecified atom stereocenters. The quantitative estimate of drug-likeness (QED) is 0.755. The lowest BCUT2D eigenvalue weighted by atomic mass is 9.91. The van der Waals surface area contributed by atoms with Gasteiger partial charge >= 0.3 is 0 Å². The molecule has 0 bridgehead atoms. The predicted molar refractivity (Wildman–Crippen MR) is 108 cm³/mol. The number of piperidine rings is 1. The molecule has 27 heavy (non-hydrogen) atoms. The van der Waals surface area contributed by atoms with Gasteiger partial charge in [-0.15, -0.1) is 0 Å². The highest BCUT2D eigenvalue weighted by atomic mass is 16.3. The van der Waals surface area contributed by atoms with Crippen LogP contribution in [0.4, 0.5) is 0 Å². The first-order chi connectivity index (χ1) is 13.1. The van der Waals surface area contributed by atoms with Gasteiger partial charge in [0.2, 0.25) is 0 Å². The van der Waals surface area contributed by atoms with Crippen LogP contribution in [0.3, 0.4) is 0 Å². The summed E-state index contributed by atoms with van der Waals surface area (Å²) in [5.74, 6) is -0.126. The van der Waals surface area contributed by atoms with Crippen molar-refractivity contribution >= 4 is 5.91 Å². The van der Waals surface area contributed by atoms with Crippen LogP contribution in [0.15, 0.2) is 54.6 Å². The second-order valence-electron chi connectivity index (χ2n) is 7.55. The van der Waals surface area contributed by atoms with Gasteiger partial charge in [-0.1, -0.05) is 54.6 Å². The maximum Gasteiger partial charge on any atom is 0.255 e. The van der Waals surface area contributed by atoms with Crippen LogP contribution in [0.2, 0.25) is 0 Å². The molecule has 144 valence electrons. The summed E-state index contributed by atoms with van der Waals surface area (Å²) in [6, 6.07) is 18.5. The number of likely N-dealkylation sites (tertiary alicyclic amines) is 1. The van der Waals surface area contributed by atoms with Crippen molar-refractivity contribution in [2.75, 3.05) is 19.6 Å². The highest BCUT2D eigenvalue weighted by molar-refractivity contribution is 5.86. The Morgan fingerprint density at radius 1 is 1.11 bits per heavy atom. The van der Waals surface area contributed by atoms with Gasteiger partial charge in [0, 0.05) is 26.2 Å². The van der Waals surface area contributed by atoms with E-state index in [1.807, 2.05) is 35.2 Å². The first kappa shape index (κ1) is 19.6. The Hall–Kier alpha value is -2.17. The fourth-order valence-corrected chi connectivity index (χ4v) is 3.77. The summed E-state index contributed by atoms with van der Waals surface area (Å²) in [7, 11) is 0. The number of nitrogens with zero attached hydrogens (tertiary/aromatic N) is 1. The lowest BCUT2D eigenvalue weighted by molar-refractivity contribution is -0.156. The summed E-state index contributed by atoms with van der Waals surface area (Å²) >= 11 is 0. The molecular formula is C23H30N2O2. The molecular weight excluding hydrogens is 336 g/mol. The van der Waals surface area contributed by atoms with E-state index in [0.29, 0.717) is 26.1 Å². The van der Waals surface area contributed by atoms with Crippen molar-refractivity contribution in [3.8, 4) is 0 Å². The molecule has 4 heteroatoms. The SMILES string of the molecule is Cc1ccccc1CNCC1(O)CCCN(CCCc2ccccc2)C1=O. The Morgan fingerprint density at radius 2 is 1.85 bits per heavy atom. The molecule has 1 fully saturated rings. The maximum absolute atomic E-state index is 12.8. The molecule has 0 aromatic heterocycles. The molecule has 2 N–H and O–H groups in total. The number of nitrogens with one attached hydrogen (secondary N) is 1. The number of hydrogen-bond donors (Lipinski definition) is 2. The monoisotopic (exact) mass is 366 g/mol. The third-order valence-electron chi connectivity index (χ3n) is 5.43. The van der Waals surface area contributed by atoms with Crippen molar-refractivity contribution < 1.29 is 9.90 Å². The van der Waals surface area contributed by atoms with Crippen LogP contribution >= 0.6 is 0 Å². The molecule has 2 aromatic carbocycles. The smallest absolute Gasteiger partial charge is 0.255 e. The summed E-state index contributed by atoms with van der Waals surface area (Å²) in [6.45, 7) is 4.49. The van der Waals surface area contributed by atoms with Crippen molar-refractivity contribution in [3.63, 3.8) is 0 Å².